The summed E-state index contributed by atoms with van der Waals surface area (Å²) in [6.45, 7) is 11.8. The summed E-state index contributed by atoms with van der Waals surface area (Å²) >= 11 is 0. The van der Waals surface area contributed by atoms with E-state index in [9.17, 15) is 10.2 Å². The average molecular weight is 280 g/mol. The second kappa shape index (κ2) is 8.43. The summed E-state index contributed by atoms with van der Waals surface area (Å²) in [5, 5.41) is 20.5. The molecule has 0 aromatic carbocycles. The Balaban J connectivity index is 4.41. The van der Waals surface area contributed by atoms with Gasteiger partial charge in [0, 0.05) is 0 Å². The first-order valence-corrected chi connectivity index (χ1v) is 7.46. The molecule has 0 aromatic heterocycles. The minimum atomic E-state index is -0.869. The van der Waals surface area contributed by atoms with Crippen LogP contribution in [0.1, 0.15) is 67.2 Å². The highest BCUT2D eigenvalue weighted by molar-refractivity contribution is 5.08. The van der Waals surface area contributed by atoms with Gasteiger partial charge in [0.1, 0.15) is 0 Å². The highest BCUT2D eigenvalue weighted by atomic mass is 16.3. The van der Waals surface area contributed by atoms with Crippen molar-refractivity contribution in [1.29, 1.82) is 0 Å². The Morgan fingerprint density at radius 2 is 1.05 bits per heavy atom. The maximum atomic E-state index is 10.3. The van der Waals surface area contributed by atoms with Gasteiger partial charge < -0.3 is 10.2 Å². The predicted octanol–water partition coefficient (Wildman–Crippen LogP) is 4.54. The molecule has 2 nitrogen and oxygen atoms in total. The molecule has 2 N–H and O–H groups in total. The van der Waals surface area contributed by atoms with Crippen molar-refractivity contribution in [2.75, 3.05) is 0 Å². The number of allylic oxidation sites excluding steroid dienone is 4. The zero-order valence-corrected chi connectivity index (χ0v) is 14.0. The van der Waals surface area contributed by atoms with Gasteiger partial charge >= 0.3 is 0 Å². The molecule has 0 amide bonds. The smallest absolute Gasteiger partial charge is 0.0803 e. The molecule has 0 radical (unpaired) electrons. The lowest BCUT2D eigenvalue weighted by Crippen LogP contribution is -2.25. The Morgan fingerprint density at radius 3 is 1.30 bits per heavy atom. The Kier molecular flexibility index (Phi) is 8.07. The zero-order valence-electron chi connectivity index (χ0n) is 14.0. The molecule has 20 heavy (non-hydrogen) atoms. The van der Waals surface area contributed by atoms with E-state index in [1.165, 1.54) is 11.1 Å². The van der Waals surface area contributed by atoms with E-state index in [1.54, 1.807) is 26.0 Å². The molecule has 0 saturated carbocycles. The quantitative estimate of drug-likeness (QED) is 0.641. The molecule has 2 heteroatoms. The topological polar surface area (TPSA) is 40.5 Å². The van der Waals surface area contributed by atoms with E-state index < -0.39 is 11.2 Å². The highest BCUT2D eigenvalue weighted by Gasteiger charge is 2.20. The van der Waals surface area contributed by atoms with Crippen molar-refractivity contribution in [3.63, 3.8) is 0 Å². The molecule has 0 spiro atoms. The molecule has 116 valence electrons. The summed E-state index contributed by atoms with van der Waals surface area (Å²) in [6.07, 6.45) is 10.7. The third-order valence-electron chi connectivity index (χ3n) is 3.21. The van der Waals surface area contributed by atoms with E-state index in [2.05, 4.69) is 39.8 Å². The molecule has 0 aliphatic rings. The number of aliphatic hydroxyl groups is 2. The van der Waals surface area contributed by atoms with Crippen LogP contribution in [0.15, 0.2) is 35.5 Å². The van der Waals surface area contributed by atoms with Crippen LogP contribution in [0.2, 0.25) is 0 Å². The Hall–Kier alpha value is -0.860. The van der Waals surface area contributed by atoms with Gasteiger partial charge in [-0.1, -0.05) is 35.5 Å². The highest BCUT2D eigenvalue weighted by Crippen LogP contribution is 2.20. The fraction of sp³-hybridized carbons (Fsp3) is 0.667. The molecule has 0 rings (SSSR count). The van der Waals surface area contributed by atoms with Gasteiger partial charge in [-0.3, -0.25) is 0 Å². The van der Waals surface area contributed by atoms with Gasteiger partial charge in [-0.2, -0.15) is 0 Å². The summed E-state index contributed by atoms with van der Waals surface area (Å²) in [5.74, 6) is 0. The van der Waals surface area contributed by atoms with Crippen molar-refractivity contribution >= 4 is 0 Å². The number of rotatable bonds is 8. The molecule has 0 fully saturated rings. The van der Waals surface area contributed by atoms with Gasteiger partial charge in [0.25, 0.3) is 0 Å². The lowest BCUT2D eigenvalue weighted by molar-refractivity contribution is 0.0848. The average Bonchev–Trinajstić information content (AvgIpc) is 2.25. The fourth-order valence-electron chi connectivity index (χ4n) is 1.83. The second-order valence-corrected chi connectivity index (χ2v) is 6.69. The van der Waals surface area contributed by atoms with Gasteiger partial charge in [0.2, 0.25) is 0 Å². The van der Waals surface area contributed by atoms with Gasteiger partial charge in [-0.15, -0.1) is 0 Å². The van der Waals surface area contributed by atoms with E-state index in [0.29, 0.717) is 12.8 Å². The van der Waals surface area contributed by atoms with Crippen LogP contribution in [-0.4, -0.2) is 21.4 Å². The van der Waals surface area contributed by atoms with Crippen LogP contribution in [0.3, 0.4) is 0 Å². The van der Waals surface area contributed by atoms with Crippen LogP contribution in [-0.2, 0) is 0 Å². The number of hydrogen-bond donors (Lipinski definition) is 2. The van der Waals surface area contributed by atoms with Crippen LogP contribution in [0.4, 0.5) is 0 Å². The second-order valence-electron chi connectivity index (χ2n) is 6.69. The van der Waals surface area contributed by atoms with Crippen molar-refractivity contribution in [3.8, 4) is 0 Å². The first-order valence-electron chi connectivity index (χ1n) is 7.46. The van der Waals surface area contributed by atoms with Crippen molar-refractivity contribution in [2.24, 2.45) is 0 Å². The van der Waals surface area contributed by atoms with Crippen LogP contribution in [0.5, 0.6) is 0 Å². The largest absolute Gasteiger partial charge is 0.386 e. The first-order chi connectivity index (χ1) is 9.04. The molecule has 0 aromatic rings. The maximum Gasteiger partial charge on any atom is 0.0803 e. The van der Waals surface area contributed by atoms with E-state index in [0.717, 1.165) is 12.8 Å². The molecule has 0 aliphatic carbocycles. The summed E-state index contributed by atoms with van der Waals surface area (Å²) in [6, 6.07) is 0. The minimum Gasteiger partial charge on any atom is -0.386 e. The van der Waals surface area contributed by atoms with Gasteiger partial charge in [-0.25, -0.2) is 0 Å². The monoisotopic (exact) mass is 280 g/mol. The molecule has 0 aliphatic heterocycles. The molecule has 0 bridgehead atoms. The third-order valence-corrected chi connectivity index (χ3v) is 3.21. The zero-order chi connectivity index (χ0) is 15.8. The van der Waals surface area contributed by atoms with Crippen LogP contribution < -0.4 is 0 Å². The fourth-order valence-corrected chi connectivity index (χ4v) is 1.83. The maximum absolute atomic E-state index is 10.3. The molecule has 2 atom stereocenters. The standard InChI is InChI=1S/C18H32O2/c1-15(2)9-7-11-17(5,19)13-14-18(6,20)12-8-10-16(3)4/h9-10,13-14,19-20H,7-8,11-12H2,1-6H3. The van der Waals surface area contributed by atoms with Crippen LogP contribution in [0.25, 0.3) is 0 Å². The summed E-state index contributed by atoms with van der Waals surface area (Å²) in [4.78, 5) is 0. The Morgan fingerprint density at radius 1 is 0.750 bits per heavy atom. The van der Waals surface area contributed by atoms with Crippen molar-refractivity contribution < 1.29 is 10.2 Å². The van der Waals surface area contributed by atoms with Crippen molar-refractivity contribution in [3.05, 3.63) is 35.5 Å². The normalized spacial score (nSPS) is 17.4. The van der Waals surface area contributed by atoms with E-state index in [4.69, 9.17) is 0 Å². The van der Waals surface area contributed by atoms with E-state index in [-0.39, 0.29) is 0 Å². The SMILES string of the molecule is CC(C)=CCCC(C)(O)C=CC(C)(O)CCC=C(C)C. The van der Waals surface area contributed by atoms with Crippen molar-refractivity contribution in [2.45, 2.75) is 78.4 Å². The predicted molar refractivity (Wildman–Crippen MR) is 87.7 cm³/mol. The van der Waals surface area contributed by atoms with E-state index >= 15 is 0 Å². The minimum absolute atomic E-state index is 0.665. The summed E-state index contributed by atoms with van der Waals surface area (Å²) < 4.78 is 0. The number of hydrogen-bond acceptors (Lipinski definition) is 2. The molecule has 0 heterocycles. The van der Waals surface area contributed by atoms with Crippen molar-refractivity contribution in [1.82, 2.24) is 0 Å². The lowest BCUT2D eigenvalue weighted by Gasteiger charge is -2.23. The Bertz CT molecular complexity index is 327. The van der Waals surface area contributed by atoms with Gasteiger partial charge in [0.15, 0.2) is 0 Å². The van der Waals surface area contributed by atoms with Gasteiger partial charge in [-0.05, 0) is 67.2 Å². The first kappa shape index (κ1) is 19.1. The van der Waals surface area contributed by atoms with E-state index in [1.807, 2.05) is 0 Å². The summed E-state index contributed by atoms with van der Waals surface area (Å²) in [5.41, 5.74) is 0.788. The van der Waals surface area contributed by atoms with Gasteiger partial charge in [0.05, 0.1) is 11.2 Å². The lowest BCUT2D eigenvalue weighted by atomic mass is 9.93. The third kappa shape index (κ3) is 11.0. The summed E-state index contributed by atoms with van der Waals surface area (Å²) in [7, 11) is 0. The Labute approximate surface area is 124 Å². The van der Waals surface area contributed by atoms with Crippen LogP contribution >= 0.6 is 0 Å². The molecule has 0 saturated heterocycles. The molecular formula is C18H32O2. The molecular weight excluding hydrogens is 248 g/mol. The van der Waals surface area contributed by atoms with Crippen LogP contribution in [0, 0.1) is 0 Å². The molecule has 2 unspecified atom stereocenters.